The molecule has 5 heteroatoms. The summed E-state index contributed by atoms with van der Waals surface area (Å²) in [5.41, 5.74) is 4.05. The van der Waals surface area contributed by atoms with E-state index in [0.717, 1.165) is 17.2 Å². The zero-order valence-electron chi connectivity index (χ0n) is 7.98. The minimum absolute atomic E-state index is 0.560. The van der Waals surface area contributed by atoms with Crippen molar-refractivity contribution in [3.63, 3.8) is 0 Å². The first-order chi connectivity index (χ1) is 7.38. The van der Waals surface area contributed by atoms with Gasteiger partial charge in [0, 0.05) is 12.4 Å². The van der Waals surface area contributed by atoms with Crippen LogP contribution in [0.5, 0.6) is 0 Å². The third-order valence-corrected chi connectivity index (χ3v) is 2.94. The zero-order valence-corrected chi connectivity index (χ0v) is 9.55. The van der Waals surface area contributed by atoms with Crippen molar-refractivity contribution in [1.29, 1.82) is 0 Å². The molecule has 1 N–H and O–H groups in total. The van der Waals surface area contributed by atoms with Crippen LogP contribution in [0, 0.1) is 0 Å². The monoisotopic (exact) mass is 239 g/mol. The summed E-state index contributed by atoms with van der Waals surface area (Å²) in [7, 11) is 0. The fourth-order valence-electron chi connectivity index (χ4n) is 1.17. The van der Waals surface area contributed by atoms with Crippen molar-refractivity contribution >= 4 is 28.1 Å². The Morgan fingerprint density at radius 1 is 1.20 bits per heavy atom. The predicted molar refractivity (Wildman–Crippen MR) is 63.2 cm³/mol. The van der Waals surface area contributed by atoms with Gasteiger partial charge in [0.25, 0.3) is 0 Å². The van der Waals surface area contributed by atoms with Gasteiger partial charge in [-0.15, -0.1) is 21.8 Å². The first-order valence-corrected chi connectivity index (χ1v) is 5.94. The van der Waals surface area contributed by atoms with Gasteiger partial charge in [0.15, 0.2) is 0 Å². The van der Waals surface area contributed by atoms with E-state index in [2.05, 4.69) is 27.6 Å². The Labute approximate surface area is 97.1 Å². The van der Waals surface area contributed by atoms with Crippen LogP contribution < -0.4 is 5.32 Å². The Morgan fingerprint density at radius 3 is 2.53 bits per heavy atom. The van der Waals surface area contributed by atoms with E-state index in [4.69, 9.17) is 11.6 Å². The first-order valence-electron chi connectivity index (χ1n) is 4.52. The van der Waals surface area contributed by atoms with Gasteiger partial charge in [0.2, 0.25) is 5.13 Å². The lowest BCUT2D eigenvalue weighted by atomic mass is 10.1. The number of nitrogens with one attached hydrogen (secondary N) is 1. The van der Waals surface area contributed by atoms with Crippen LogP contribution in [-0.2, 0) is 12.4 Å². The maximum atomic E-state index is 5.71. The van der Waals surface area contributed by atoms with Gasteiger partial charge in [-0.2, -0.15) is 0 Å². The van der Waals surface area contributed by atoms with E-state index in [-0.39, 0.29) is 0 Å². The van der Waals surface area contributed by atoms with Gasteiger partial charge >= 0.3 is 0 Å². The van der Waals surface area contributed by atoms with Crippen LogP contribution in [0.1, 0.15) is 11.1 Å². The van der Waals surface area contributed by atoms with Crippen LogP contribution in [0.4, 0.5) is 5.13 Å². The molecule has 0 saturated carbocycles. The molecule has 78 valence electrons. The van der Waals surface area contributed by atoms with Gasteiger partial charge in [0.05, 0.1) is 0 Å². The summed E-state index contributed by atoms with van der Waals surface area (Å²) < 4.78 is 0. The van der Waals surface area contributed by atoms with Crippen molar-refractivity contribution in [2.24, 2.45) is 0 Å². The molecule has 1 heterocycles. The molecule has 1 aromatic heterocycles. The van der Waals surface area contributed by atoms with Crippen LogP contribution in [0.15, 0.2) is 29.8 Å². The van der Waals surface area contributed by atoms with Crippen molar-refractivity contribution in [3.05, 3.63) is 40.9 Å². The maximum Gasteiger partial charge on any atom is 0.205 e. The van der Waals surface area contributed by atoms with Crippen molar-refractivity contribution in [2.75, 3.05) is 5.32 Å². The number of aromatic nitrogens is 2. The van der Waals surface area contributed by atoms with E-state index in [9.17, 15) is 0 Å². The lowest BCUT2D eigenvalue weighted by Crippen LogP contribution is -1.98. The van der Waals surface area contributed by atoms with Gasteiger partial charge in [-0.1, -0.05) is 35.6 Å². The standard InChI is InChI=1S/C10H10ClN3S/c11-5-8-1-3-9(4-2-8)6-12-10-14-13-7-15-10/h1-4,7H,5-6H2,(H,12,14). The highest BCUT2D eigenvalue weighted by atomic mass is 35.5. The van der Waals surface area contributed by atoms with Gasteiger partial charge < -0.3 is 5.32 Å². The molecule has 0 aliphatic carbocycles. The molecule has 0 unspecified atom stereocenters. The van der Waals surface area contributed by atoms with Gasteiger partial charge in [-0.3, -0.25) is 0 Å². The normalized spacial score (nSPS) is 10.2. The van der Waals surface area contributed by atoms with Crippen LogP contribution in [0.3, 0.4) is 0 Å². The molecule has 2 rings (SSSR count). The SMILES string of the molecule is ClCc1ccc(CNc2nncs2)cc1. The summed E-state index contributed by atoms with van der Waals surface area (Å²) in [5, 5.41) is 11.7. The fourth-order valence-corrected chi connectivity index (χ4v) is 1.80. The predicted octanol–water partition coefficient (Wildman–Crippen LogP) is 2.89. The smallest absolute Gasteiger partial charge is 0.205 e. The number of nitrogens with zero attached hydrogens (tertiary/aromatic N) is 2. The molecular weight excluding hydrogens is 230 g/mol. The summed E-state index contributed by atoms with van der Waals surface area (Å²) in [6.07, 6.45) is 0. The average molecular weight is 240 g/mol. The van der Waals surface area contributed by atoms with Gasteiger partial charge in [0.1, 0.15) is 5.51 Å². The minimum Gasteiger partial charge on any atom is -0.356 e. The largest absolute Gasteiger partial charge is 0.356 e. The van der Waals surface area contributed by atoms with Crippen LogP contribution >= 0.6 is 22.9 Å². The summed E-state index contributed by atoms with van der Waals surface area (Å²) >= 11 is 7.20. The van der Waals surface area contributed by atoms with Crippen LogP contribution in [0.2, 0.25) is 0 Å². The molecule has 2 aromatic rings. The molecule has 0 aliphatic heterocycles. The average Bonchev–Trinajstić information content (AvgIpc) is 2.80. The molecule has 0 bridgehead atoms. The van der Waals surface area contributed by atoms with Gasteiger partial charge in [-0.05, 0) is 11.1 Å². The third kappa shape index (κ3) is 2.91. The first kappa shape index (κ1) is 10.4. The lowest BCUT2D eigenvalue weighted by molar-refractivity contribution is 1.05. The second-order valence-electron chi connectivity index (χ2n) is 3.05. The molecule has 15 heavy (non-hydrogen) atoms. The molecule has 1 aromatic carbocycles. The second kappa shape index (κ2) is 5.09. The van der Waals surface area contributed by atoms with E-state index in [1.807, 2.05) is 12.1 Å². The van der Waals surface area contributed by atoms with E-state index in [0.29, 0.717) is 5.88 Å². The molecule has 0 amide bonds. The van der Waals surface area contributed by atoms with Gasteiger partial charge in [-0.25, -0.2) is 0 Å². The maximum absolute atomic E-state index is 5.71. The van der Waals surface area contributed by atoms with E-state index in [1.54, 1.807) is 5.51 Å². The Bertz CT molecular complexity index is 399. The van der Waals surface area contributed by atoms with Crippen molar-refractivity contribution in [1.82, 2.24) is 10.2 Å². The molecule has 0 fully saturated rings. The molecular formula is C10H10ClN3S. The van der Waals surface area contributed by atoms with Crippen LogP contribution in [0.25, 0.3) is 0 Å². The summed E-state index contributed by atoms with van der Waals surface area (Å²) in [6, 6.07) is 8.19. The third-order valence-electron chi connectivity index (χ3n) is 1.98. The Morgan fingerprint density at radius 2 is 1.93 bits per heavy atom. The van der Waals surface area contributed by atoms with E-state index >= 15 is 0 Å². The minimum atomic E-state index is 0.560. The number of benzene rings is 1. The quantitative estimate of drug-likeness (QED) is 0.834. The summed E-state index contributed by atoms with van der Waals surface area (Å²) in [4.78, 5) is 0. The van der Waals surface area contributed by atoms with Crippen molar-refractivity contribution in [2.45, 2.75) is 12.4 Å². The highest BCUT2D eigenvalue weighted by Crippen LogP contribution is 2.11. The number of rotatable bonds is 4. The molecule has 3 nitrogen and oxygen atoms in total. The Balaban J connectivity index is 1.93. The highest BCUT2D eigenvalue weighted by Gasteiger charge is 1.96. The molecule has 0 aliphatic rings. The molecule has 0 saturated heterocycles. The molecule has 0 spiro atoms. The highest BCUT2D eigenvalue weighted by molar-refractivity contribution is 7.13. The number of hydrogen-bond donors (Lipinski definition) is 1. The number of hydrogen-bond acceptors (Lipinski definition) is 4. The number of alkyl halides is 1. The molecule has 0 atom stereocenters. The Hall–Kier alpha value is -1.13. The Kier molecular flexibility index (Phi) is 3.53. The number of anilines is 1. The lowest BCUT2D eigenvalue weighted by Gasteiger charge is -2.02. The second-order valence-corrected chi connectivity index (χ2v) is 4.15. The zero-order chi connectivity index (χ0) is 10.5. The fraction of sp³-hybridized carbons (Fsp3) is 0.200. The summed E-state index contributed by atoms with van der Waals surface area (Å²) in [5.74, 6) is 0.560. The number of halogens is 1. The van der Waals surface area contributed by atoms with Crippen molar-refractivity contribution in [3.8, 4) is 0 Å². The van der Waals surface area contributed by atoms with E-state index < -0.39 is 0 Å². The van der Waals surface area contributed by atoms with Crippen molar-refractivity contribution < 1.29 is 0 Å². The van der Waals surface area contributed by atoms with E-state index in [1.165, 1.54) is 16.9 Å². The summed E-state index contributed by atoms with van der Waals surface area (Å²) in [6.45, 7) is 0.762. The molecule has 0 radical (unpaired) electrons. The topological polar surface area (TPSA) is 37.8 Å². The van der Waals surface area contributed by atoms with Crippen LogP contribution in [-0.4, -0.2) is 10.2 Å².